The van der Waals surface area contributed by atoms with Crippen molar-refractivity contribution in [2.24, 2.45) is 0 Å². The summed E-state index contributed by atoms with van der Waals surface area (Å²) in [7, 11) is 0. The highest BCUT2D eigenvalue weighted by Crippen LogP contribution is 2.37. The minimum absolute atomic E-state index is 0.597. The normalized spacial score (nSPS) is 18.8. The molecule has 0 heteroatoms. The second kappa shape index (κ2) is 4.79. The molecule has 1 atom stereocenters. The van der Waals surface area contributed by atoms with Gasteiger partial charge in [-0.3, -0.25) is 0 Å². The van der Waals surface area contributed by atoms with E-state index in [0.29, 0.717) is 5.92 Å². The summed E-state index contributed by atoms with van der Waals surface area (Å²) >= 11 is 0. The minimum atomic E-state index is 0.597. The second-order valence-electron chi connectivity index (χ2n) is 5.72. The SMILES string of the molecule is C1=CC(CCC2=CCc3ccccc32)c2ccccc21. The Labute approximate surface area is 120 Å². The molecule has 98 valence electrons. The van der Waals surface area contributed by atoms with Crippen molar-refractivity contribution in [1.29, 1.82) is 0 Å². The molecule has 0 spiro atoms. The summed E-state index contributed by atoms with van der Waals surface area (Å²) in [6.45, 7) is 0. The van der Waals surface area contributed by atoms with E-state index in [2.05, 4.69) is 66.8 Å². The van der Waals surface area contributed by atoms with Crippen LogP contribution in [0.3, 0.4) is 0 Å². The Morgan fingerprint density at radius 1 is 0.950 bits per heavy atom. The molecule has 0 amide bonds. The number of allylic oxidation sites excluding steroid dienone is 3. The van der Waals surface area contributed by atoms with Crippen molar-refractivity contribution in [3.05, 3.63) is 82.9 Å². The highest BCUT2D eigenvalue weighted by atomic mass is 14.2. The lowest BCUT2D eigenvalue weighted by Crippen LogP contribution is -1.94. The molecule has 0 heterocycles. The number of hydrogen-bond acceptors (Lipinski definition) is 0. The van der Waals surface area contributed by atoms with Gasteiger partial charge in [0.25, 0.3) is 0 Å². The zero-order chi connectivity index (χ0) is 13.4. The van der Waals surface area contributed by atoms with Crippen LogP contribution in [0.4, 0.5) is 0 Å². The molecule has 0 bridgehead atoms. The highest BCUT2D eigenvalue weighted by Gasteiger charge is 2.19. The summed E-state index contributed by atoms with van der Waals surface area (Å²) in [5, 5.41) is 0. The first-order valence-electron chi connectivity index (χ1n) is 7.46. The maximum Gasteiger partial charge on any atom is 0.00303 e. The fraction of sp³-hybridized carbons (Fsp3) is 0.200. The lowest BCUT2D eigenvalue weighted by atomic mass is 9.92. The molecule has 2 aromatic rings. The molecule has 0 nitrogen and oxygen atoms in total. The molecule has 2 aliphatic rings. The average molecular weight is 258 g/mol. The maximum absolute atomic E-state index is 2.41. The minimum Gasteiger partial charge on any atom is -0.0764 e. The van der Waals surface area contributed by atoms with Crippen LogP contribution < -0.4 is 0 Å². The van der Waals surface area contributed by atoms with Crippen molar-refractivity contribution in [2.75, 3.05) is 0 Å². The van der Waals surface area contributed by atoms with Crippen molar-refractivity contribution < 1.29 is 0 Å². The molecule has 0 fully saturated rings. The molecule has 1 unspecified atom stereocenters. The van der Waals surface area contributed by atoms with Gasteiger partial charge >= 0.3 is 0 Å². The van der Waals surface area contributed by atoms with Crippen LogP contribution in [0.1, 0.15) is 41.0 Å². The molecule has 0 N–H and O–H groups in total. The third-order valence-corrected chi connectivity index (χ3v) is 4.56. The Morgan fingerprint density at radius 3 is 2.80 bits per heavy atom. The molecule has 0 aliphatic heterocycles. The molecular formula is C20H18. The van der Waals surface area contributed by atoms with Crippen LogP contribution in [0.2, 0.25) is 0 Å². The van der Waals surface area contributed by atoms with Crippen LogP contribution in [-0.2, 0) is 6.42 Å². The standard InChI is InChI=1S/C20H18/c1-3-7-19-15(5-1)9-11-17(19)13-14-18-12-10-16-6-2-4-8-20(16)18/h1-9,11-12,17H,10,13-14H2. The molecule has 0 radical (unpaired) electrons. The maximum atomic E-state index is 2.41. The Morgan fingerprint density at radius 2 is 1.80 bits per heavy atom. The summed E-state index contributed by atoms with van der Waals surface area (Å²) < 4.78 is 0. The Kier molecular flexibility index (Phi) is 2.81. The van der Waals surface area contributed by atoms with E-state index in [1.807, 2.05) is 0 Å². The summed E-state index contributed by atoms with van der Waals surface area (Å²) in [5.74, 6) is 0.597. The van der Waals surface area contributed by atoms with Crippen molar-refractivity contribution >= 4 is 11.6 Å². The number of rotatable bonds is 3. The molecule has 4 rings (SSSR count). The van der Waals surface area contributed by atoms with Gasteiger partial charge in [-0.05, 0) is 47.1 Å². The lowest BCUT2D eigenvalue weighted by molar-refractivity contribution is 0.769. The molecule has 2 aliphatic carbocycles. The van der Waals surface area contributed by atoms with Crippen LogP contribution in [0.15, 0.2) is 60.7 Å². The summed E-state index contributed by atoms with van der Waals surface area (Å²) in [6, 6.07) is 17.6. The van der Waals surface area contributed by atoms with Gasteiger partial charge in [-0.1, -0.05) is 66.8 Å². The Hall–Kier alpha value is -2.08. The lowest BCUT2D eigenvalue weighted by Gasteiger charge is -2.12. The van der Waals surface area contributed by atoms with Crippen molar-refractivity contribution in [1.82, 2.24) is 0 Å². The molecule has 20 heavy (non-hydrogen) atoms. The summed E-state index contributed by atoms with van der Waals surface area (Å²) in [6.07, 6.45) is 10.6. The van der Waals surface area contributed by atoms with E-state index in [9.17, 15) is 0 Å². The monoisotopic (exact) mass is 258 g/mol. The quantitative estimate of drug-likeness (QED) is 0.708. The van der Waals surface area contributed by atoms with E-state index in [1.165, 1.54) is 35.1 Å². The summed E-state index contributed by atoms with van der Waals surface area (Å²) in [5.41, 5.74) is 7.41. The van der Waals surface area contributed by atoms with Gasteiger partial charge in [-0.25, -0.2) is 0 Å². The largest absolute Gasteiger partial charge is 0.0764 e. The smallest absolute Gasteiger partial charge is 0.00303 e. The highest BCUT2D eigenvalue weighted by molar-refractivity contribution is 5.73. The number of hydrogen-bond donors (Lipinski definition) is 0. The zero-order valence-electron chi connectivity index (χ0n) is 11.5. The third kappa shape index (κ3) is 1.92. The predicted molar refractivity (Wildman–Crippen MR) is 85.6 cm³/mol. The number of benzene rings is 2. The fourth-order valence-electron chi connectivity index (χ4n) is 3.48. The van der Waals surface area contributed by atoms with E-state index in [0.717, 1.165) is 6.42 Å². The van der Waals surface area contributed by atoms with E-state index in [1.54, 1.807) is 5.57 Å². The van der Waals surface area contributed by atoms with Gasteiger partial charge in [0.2, 0.25) is 0 Å². The van der Waals surface area contributed by atoms with Gasteiger partial charge in [-0.15, -0.1) is 0 Å². The summed E-state index contributed by atoms with van der Waals surface area (Å²) in [4.78, 5) is 0. The fourth-order valence-corrected chi connectivity index (χ4v) is 3.48. The van der Waals surface area contributed by atoms with Crippen molar-refractivity contribution in [2.45, 2.75) is 25.2 Å². The van der Waals surface area contributed by atoms with Crippen LogP contribution in [0.5, 0.6) is 0 Å². The van der Waals surface area contributed by atoms with E-state index < -0.39 is 0 Å². The Balaban J connectivity index is 1.50. The first-order valence-corrected chi connectivity index (χ1v) is 7.46. The van der Waals surface area contributed by atoms with Gasteiger partial charge < -0.3 is 0 Å². The van der Waals surface area contributed by atoms with Crippen LogP contribution in [0, 0.1) is 0 Å². The van der Waals surface area contributed by atoms with E-state index in [-0.39, 0.29) is 0 Å². The van der Waals surface area contributed by atoms with Crippen LogP contribution >= 0.6 is 0 Å². The molecule has 0 saturated heterocycles. The van der Waals surface area contributed by atoms with Gasteiger partial charge in [0.05, 0.1) is 0 Å². The first-order chi connectivity index (χ1) is 9.92. The van der Waals surface area contributed by atoms with Gasteiger partial charge in [0.1, 0.15) is 0 Å². The Bertz CT molecular complexity index is 703. The second-order valence-corrected chi connectivity index (χ2v) is 5.72. The topological polar surface area (TPSA) is 0 Å². The first kappa shape index (κ1) is 11.7. The number of fused-ring (bicyclic) bond motifs is 2. The van der Waals surface area contributed by atoms with Crippen molar-refractivity contribution in [3.8, 4) is 0 Å². The average Bonchev–Trinajstić information content (AvgIpc) is 3.09. The predicted octanol–water partition coefficient (Wildman–Crippen LogP) is 5.22. The molecule has 0 aromatic heterocycles. The van der Waals surface area contributed by atoms with Crippen LogP contribution in [-0.4, -0.2) is 0 Å². The van der Waals surface area contributed by atoms with Crippen LogP contribution in [0.25, 0.3) is 11.6 Å². The molecular weight excluding hydrogens is 240 g/mol. The van der Waals surface area contributed by atoms with Crippen molar-refractivity contribution in [3.63, 3.8) is 0 Å². The van der Waals surface area contributed by atoms with E-state index in [4.69, 9.17) is 0 Å². The molecule has 2 aromatic carbocycles. The van der Waals surface area contributed by atoms with Gasteiger partial charge in [-0.2, -0.15) is 0 Å². The third-order valence-electron chi connectivity index (χ3n) is 4.56. The van der Waals surface area contributed by atoms with Gasteiger partial charge in [0.15, 0.2) is 0 Å². The molecule has 0 saturated carbocycles. The van der Waals surface area contributed by atoms with E-state index >= 15 is 0 Å². The zero-order valence-corrected chi connectivity index (χ0v) is 11.5. The van der Waals surface area contributed by atoms with Gasteiger partial charge in [0, 0.05) is 5.92 Å².